The number of piperidine rings is 1. The second-order valence-electron chi connectivity index (χ2n) is 7.91. The van der Waals surface area contributed by atoms with E-state index in [9.17, 15) is 14.4 Å². The predicted octanol–water partition coefficient (Wildman–Crippen LogP) is 2.03. The maximum absolute atomic E-state index is 15.7. The SMILES string of the molecule is [2H]C1(N2Cc3c(NCc4cccc(CN5C([2H])([2H])C([2H])([2H])OC([2H])([2H])C5([2H])[2H])c4F)cccc3C2=O)CCC(=O)NC1=O. The van der Waals surface area contributed by atoms with E-state index in [1.165, 1.54) is 24.3 Å². The third kappa shape index (κ3) is 4.41. The van der Waals surface area contributed by atoms with Crippen LogP contribution >= 0.6 is 0 Å². The van der Waals surface area contributed by atoms with E-state index in [0.29, 0.717) is 11.3 Å². The molecule has 8 nitrogen and oxygen atoms in total. The minimum atomic E-state index is -3.26. The van der Waals surface area contributed by atoms with Crippen LogP contribution in [-0.4, -0.2) is 59.7 Å². The molecule has 178 valence electrons. The lowest BCUT2D eigenvalue weighted by Crippen LogP contribution is -2.52. The number of imide groups is 1. The topological polar surface area (TPSA) is 91.0 Å². The first kappa shape index (κ1) is 14.2. The number of hydrogen-bond acceptors (Lipinski definition) is 6. The molecule has 3 aliphatic heterocycles. The summed E-state index contributed by atoms with van der Waals surface area (Å²) in [6.07, 6.45) is -0.265. The summed E-state index contributed by atoms with van der Waals surface area (Å²) in [6, 6.07) is 6.83. The Morgan fingerprint density at radius 2 is 1.91 bits per heavy atom. The molecule has 9 heteroatoms. The first-order valence-corrected chi connectivity index (χ1v) is 10.6. The number of benzene rings is 2. The molecule has 1 atom stereocenters. The Morgan fingerprint density at radius 1 is 1.15 bits per heavy atom. The molecule has 2 saturated heterocycles. The highest BCUT2D eigenvalue weighted by molar-refractivity contribution is 6.06. The fraction of sp³-hybridized carbons (Fsp3) is 0.400. The van der Waals surface area contributed by atoms with Gasteiger partial charge in [0.15, 0.2) is 0 Å². The van der Waals surface area contributed by atoms with Gasteiger partial charge in [-0.25, -0.2) is 4.39 Å². The number of nitrogens with one attached hydrogen (secondary N) is 2. The molecule has 0 spiro atoms. The molecular formula is C25H27FN4O4. The monoisotopic (exact) mass is 475 g/mol. The van der Waals surface area contributed by atoms with E-state index in [1.807, 2.05) is 0 Å². The van der Waals surface area contributed by atoms with Crippen molar-refractivity contribution in [2.75, 3.05) is 31.4 Å². The first-order valence-electron chi connectivity index (χ1n) is 15.1. The summed E-state index contributed by atoms with van der Waals surface area (Å²) < 4.78 is 92.9. The summed E-state index contributed by atoms with van der Waals surface area (Å²) >= 11 is 0. The number of anilines is 1. The van der Waals surface area contributed by atoms with Gasteiger partial charge in [-0.3, -0.25) is 24.6 Å². The van der Waals surface area contributed by atoms with Crippen LogP contribution in [0.2, 0.25) is 0 Å². The van der Waals surface area contributed by atoms with Crippen LogP contribution in [0.1, 0.15) is 52.2 Å². The van der Waals surface area contributed by atoms with E-state index in [2.05, 4.69) is 15.4 Å². The van der Waals surface area contributed by atoms with Gasteiger partial charge in [0.25, 0.3) is 5.91 Å². The van der Waals surface area contributed by atoms with Crippen molar-refractivity contribution in [3.05, 3.63) is 64.5 Å². The zero-order valence-corrected chi connectivity index (χ0v) is 17.9. The lowest BCUT2D eigenvalue weighted by atomic mass is 10.0. The van der Waals surface area contributed by atoms with E-state index < -0.39 is 62.2 Å². The van der Waals surface area contributed by atoms with Gasteiger partial charge in [0.1, 0.15) is 11.8 Å². The maximum Gasteiger partial charge on any atom is 0.255 e. The van der Waals surface area contributed by atoms with E-state index in [4.69, 9.17) is 12.3 Å². The minimum absolute atomic E-state index is 0.0545. The average molecular weight is 476 g/mol. The number of nitrogens with zero attached hydrogens (tertiary/aromatic N) is 2. The number of halogens is 1. The van der Waals surface area contributed by atoms with Crippen LogP contribution in [0.15, 0.2) is 36.4 Å². The zero-order valence-electron chi connectivity index (χ0n) is 26.9. The molecule has 5 rings (SSSR count). The van der Waals surface area contributed by atoms with Crippen molar-refractivity contribution >= 4 is 23.4 Å². The Hall–Kier alpha value is -3.30. The molecule has 3 amide bonds. The number of hydrogen-bond donors (Lipinski definition) is 2. The van der Waals surface area contributed by atoms with Gasteiger partial charge in [0, 0.05) is 72.5 Å². The van der Waals surface area contributed by atoms with Gasteiger partial charge in [0.05, 0.1) is 20.0 Å². The third-order valence-electron chi connectivity index (χ3n) is 5.82. The molecule has 0 aromatic heterocycles. The van der Waals surface area contributed by atoms with Crippen molar-refractivity contribution in [3.8, 4) is 0 Å². The molecule has 3 heterocycles. The molecule has 2 N–H and O–H groups in total. The van der Waals surface area contributed by atoms with Gasteiger partial charge in [-0.1, -0.05) is 24.3 Å². The van der Waals surface area contributed by atoms with Crippen LogP contribution < -0.4 is 10.6 Å². The van der Waals surface area contributed by atoms with Gasteiger partial charge in [-0.15, -0.1) is 0 Å². The minimum Gasteiger partial charge on any atom is -0.381 e. The molecule has 2 aromatic rings. The smallest absolute Gasteiger partial charge is 0.255 e. The first-order chi connectivity index (χ1) is 19.8. The molecular weight excluding hydrogens is 439 g/mol. The Balaban J connectivity index is 1.38. The molecule has 0 bridgehead atoms. The standard InChI is InChI=1S/C25H27FN4O4/c26-23-16(3-1-4-17(23)14-29-9-11-34-12-10-29)13-27-20-6-2-5-18-19(20)15-30(25(18)33)21-7-8-22(31)28-24(21)32/h1-6,21,27H,7-15H2,(H,28,31,32)/i9D2,10D2,11D2,12D2,21D. The number of ether oxygens (including phenoxy) is 1. The molecule has 1 unspecified atom stereocenters. The van der Waals surface area contributed by atoms with Crippen LogP contribution in [0.3, 0.4) is 0 Å². The van der Waals surface area contributed by atoms with E-state index in [0.717, 1.165) is 4.90 Å². The number of carbonyl (C=O) groups is 3. The van der Waals surface area contributed by atoms with E-state index in [-0.39, 0.29) is 47.5 Å². The van der Waals surface area contributed by atoms with Gasteiger partial charge < -0.3 is 15.0 Å². The van der Waals surface area contributed by atoms with Gasteiger partial charge in [0.2, 0.25) is 11.8 Å². The number of rotatable bonds is 6. The Labute approximate surface area is 209 Å². The van der Waals surface area contributed by atoms with Crippen LogP contribution in [0, 0.1) is 5.82 Å². The van der Waals surface area contributed by atoms with E-state index in [1.54, 1.807) is 12.1 Å². The largest absolute Gasteiger partial charge is 0.381 e. The Bertz CT molecular complexity index is 1500. The Kier molecular flexibility index (Phi) is 3.97. The van der Waals surface area contributed by atoms with Crippen LogP contribution in [-0.2, 0) is 34.0 Å². The molecule has 3 aliphatic rings. The maximum atomic E-state index is 15.7. The number of amides is 3. The second-order valence-corrected chi connectivity index (χ2v) is 7.91. The summed E-state index contributed by atoms with van der Waals surface area (Å²) in [5.41, 5.74) is 0.930. The van der Waals surface area contributed by atoms with Crippen molar-refractivity contribution < 1.29 is 35.8 Å². The fourth-order valence-corrected chi connectivity index (χ4v) is 4.12. The Morgan fingerprint density at radius 3 is 2.71 bits per heavy atom. The zero-order chi connectivity index (χ0) is 31.8. The van der Waals surface area contributed by atoms with Crippen molar-refractivity contribution in [2.45, 2.75) is 38.5 Å². The van der Waals surface area contributed by atoms with Crippen molar-refractivity contribution in [1.82, 2.24) is 15.1 Å². The van der Waals surface area contributed by atoms with Crippen LogP contribution in [0.5, 0.6) is 0 Å². The summed E-state index contributed by atoms with van der Waals surface area (Å²) in [6.45, 7) is -14.0. The van der Waals surface area contributed by atoms with Crippen molar-refractivity contribution in [1.29, 1.82) is 0 Å². The summed E-state index contributed by atoms with van der Waals surface area (Å²) in [4.78, 5) is 38.6. The van der Waals surface area contributed by atoms with Crippen molar-refractivity contribution in [3.63, 3.8) is 0 Å². The number of morpholine rings is 1. The molecule has 0 radical (unpaired) electrons. The van der Waals surface area contributed by atoms with Crippen LogP contribution in [0.4, 0.5) is 10.1 Å². The highest BCUT2D eigenvalue weighted by Gasteiger charge is 2.39. The van der Waals surface area contributed by atoms with Crippen molar-refractivity contribution in [2.24, 2.45) is 0 Å². The second kappa shape index (κ2) is 9.52. The summed E-state index contributed by atoms with van der Waals surface area (Å²) in [5, 5.41) is 5.13. The average Bonchev–Trinajstić information content (AvgIpc) is 3.25. The summed E-state index contributed by atoms with van der Waals surface area (Å²) in [5.74, 6) is -2.86. The molecule has 34 heavy (non-hydrogen) atoms. The number of carbonyl (C=O) groups excluding carboxylic acids is 3. The van der Waals surface area contributed by atoms with Gasteiger partial charge >= 0.3 is 0 Å². The quantitative estimate of drug-likeness (QED) is 0.622. The van der Waals surface area contributed by atoms with Crippen LogP contribution in [0.25, 0.3) is 0 Å². The van der Waals surface area contributed by atoms with Gasteiger partial charge in [-0.05, 0) is 18.6 Å². The normalized spacial score (nSPS) is 32.9. The molecule has 0 aliphatic carbocycles. The number of fused-ring (bicyclic) bond motifs is 1. The molecule has 2 aromatic carbocycles. The predicted molar refractivity (Wildman–Crippen MR) is 122 cm³/mol. The lowest BCUT2D eigenvalue weighted by molar-refractivity contribution is -0.136. The molecule has 0 saturated carbocycles. The fourth-order valence-electron chi connectivity index (χ4n) is 4.12. The van der Waals surface area contributed by atoms with E-state index >= 15 is 4.39 Å². The highest BCUT2D eigenvalue weighted by Crippen LogP contribution is 2.32. The lowest BCUT2D eigenvalue weighted by Gasteiger charge is -2.29. The summed E-state index contributed by atoms with van der Waals surface area (Å²) in [7, 11) is 0. The third-order valence-corrected chi connectivity index (χ3v) is 5.82. The van der Waals surface area contributed by atoms with Gasteiger partial charge in [-0.2, -0.15) is 0 Å². The molecule has 2 fully saturated rings. The highest BCUT2D eigenvalue weighted by atomic mass is 19.1.